The van der Waals surface area contributed by atoms with Crippen molar-refractivity contribution < 1.29 is 4.79 Å². The van der Waals surface area contributed by atoms with Crippen LogP contribution in [-0.4, -0.2) is 110 Å². The first kappa shape index (κ1) is 25.6. The Labute approximate surface area is 200 Å². The van der Waals surface area contributed by atoms with E-state index >= 15 is 0 Å². The highest BCUT2D eigenvalue weighted by Crippen LogP contribution is 2.20. The maximum atomic E-state index is 12.7. The summed E-state index contributed by atoms with van der Waals surface area (Å²) in [6, 6.07) is -0.00620. The third kappa shape index (κ3) is 6.95. The summed E-state index contributed by atoms with van der Waals surface area (Å²) in [6.45, 7) is 16.8. The SMILES string of the molecule is CN=C(NCCN1CC(C)CC(C)C1)N1CCN(C(C)C(=O)N2CCCC2)CC1.I. The van der Waals surface area contributed by atoms with Crippen LogP contribution in [0.2, 0.25) is 0 Å². The Morgan fingerprint density at radius 1 is 1.00 bits per heavy atom. The van der Waals surface area contributed by atoms with E-state index in [0.717, 1.165) is 83.0 Å². The second-order valence-corrected chi connectivity index (χ2v) is 9.41. The van der Waals surface area contributed by atoms with Crippen LogP contribution in [0, 0.1) is 11.8 Å². The van der Waals surface area contributed by atoms with Crippen molar-refractivity contribution in [3.05, 3.63) is 0 Å². The van der Waals surface area contributed by atoms with Gasteiger partial charge in [-0.1, -0.05) is 13.8 Å². The zero-order chi connectivity index (χ0) is 20.8. The second kappa shape index (κ2) is 12.4. The van der Waals surface area contributed by atoms with Crippen LogP contribution in [0.5, 0.6) is 0 Å². The first-order valence-corrected chi connectivity index (χ1v) is 11.7. The number of carbonyl (C=O) groups excluding carboxylic acids is 1. The zero-order valence-corrected chi connectivity index (χ0v) is 21.8. The number of likely N-dealkylation sites (tertiary alicyclic amines) is 2. The lowest BCUT2D eigenvalue weighted by molar-refractivity contribution is -0.135. The van der Waals surface area contributed by atoms with Crippen LogP contribution < -0.4 is 5.32 Å². The Morgan fingerprint density at radius 3 is 2.17 bits per heavy atom. The molecule has 3 aliphatic heterocycles. The van der Waals surface area contributed by atoms with Crippen LogP contribution >= 0.6 is 24.0 Å². The highest BCUT2D eigenvalue weighted by Gasteiger charge is 2.30. The van der Waals surface area contributed by atoms with Crippen LogP contribution in [-0.2, 0) is 4.79 Å². The van der Waals surface area contributed by atoms with E-state index in [4.69, 9.17) is 0 Å². The van der Waals surface area contributed by atoms with Crippen molar-refractivity contribution in [3.8, 4) is 0 Å². The van der Waals surface area contributed by atoms with Crippen molar-refractivity contribution >= 4 is 35.8 Å². The molecule has 0 bridgehead atoms. The van der Waals surface area contributed by atoms with E-state index in [1.165, 1.54) is 19.5 Å². The number of carbonyl (C=O) groups is 1. The molecule has 3 rings (SSSR count). The van der Waals surface area contributed by atoms with E-state index in [1.807, 2.05) is 11.9 Å². The molecule has 3 saturated heterocycles. The summed E-state index contributed by atoms with van der Waals surface area (Å²) in [5.74, 6) is 2.91. The molecule has 0 saturated carbocycles. The molecule has 3 atom stereocenters. The minimum atomic E-state index is -0.00620. The van der Waals surface area contributed by atoms with Gasteiger partial charge in [-0.05, 0) is 38.0 Å². The van der Waals surface area contributed by atoms with Crippen molar-refractivity contribution in [1.82, 2.24) is 24.9 Å². The highest BCUT2D eigenvalue weighted by molar-refractivity contribution is 14.0. The number of hydrogen-bond donors (Lipinski definition) is 1. The predicted molar refractivity (Wildman–Crippen MR) is 135 cm³/mol. The molecule has 3 heterocycles. The number of nitrogens with zero attached hydrogens (tertiary/aromatic N) is 5. The summed E-state index contributed by atoms with van der Waals surface area (Å²) in [6.07, 6.45) is 3.67. The molecule has 3 aliphatic rings. The summed E-state index contributed by atoms with van der Waals surface area (Å²) in [4.78, 5) is 26.5. The fraction of sp³-hybridized carbons (Fsp3) is 0.909. The van der Waals surface area contributed by atoms with Crippen molar-refractivity contribution in [1.29, 1.82) is 0 Å². The van der Waals surface area contributed by atoms with Gasteiger partial charge in [0.05, 0.1) is 6.04 Å². The van der Waals surface area contributed by atoms with Crippen LogP contribution in [0.1, 0.15) is 40.0 Å². The highest BCUT2D eigenvalue weighted by atomic mass is 127. The fourth-order valence-corrected chi connectivity index (χ4v) is 5.31. The molecule has 0 radical (unpaired) electrons. The van der Waals surface area contributed by atoms with Crippen LogP contribution in [0.4, 0.5) is 0 Å². The standard InChI is InChI=1S/C22H42N6O.HI/c1-18-15-19(2)17-25(16-18)10-7-24-22(23-4)28-13-11-26(12-14-28)20(3)21(29)27-8-5-6-9-27;/h18-20H,5-17H2,1-4H3,(H,23,24);1H. The number of hydrogen-bond acceptors (Lipinski definition) is 4. The molecule has 0 aromatic heterocycles. The number of piperazine rings is 1. The van der Waals surface area contributed by atoms with Gasteiger partial charge in [0.25, 0.3) is 0 Å². The van der Waals surface area contributed by atoms with Gasteiger partial charge in [-0.15, -0.1) is 24.0 Å². The molecule has 1 amide bonds. The largest absolute Gasteiger partial charge is 0.355 e. The van der Waals surface area contributed by atoms with Gasteiger partial charge >= 0.3 is 0 Å². The van der Waals surface area contributed by atoms with Crippen LogP contribution in [0.3, 0.4) is 0 Å². The first-order chi connectivity index (χ1) is 14.0. The average molecular weight is 535 g/mol. The molecule has 0 aromatic rings. The smallest absolute Gasteiger partial charge is 0.239 e. The molecule has 8 heteroatoms. The quantitative estimate of drug-likeness (QED) is 0.331. The third-order valence-corrected chi connectivity index (χ3v) is 6.80. The first-order valence-electron chi connectivity index (χ1n) is 11.7. The maximum Gasteiger partial charge on any atom is 0.239 e. The van der Waals surface area contributed by atoms with Crippen molar-refractivity contribution in [3.63, 3.8) is 0 Å². The number of aliphatic imine (C=N–C) groups is 1. The van der Waals surface area contributed by atoms with Crippen LogP contribution in [0.25, 0.3) is 0 Å². The Morgan fingerprint density at radius 2 is 1.60 bits per heavy atom. The van der Waals surface area contributed by atoms with E-state index < -0.39 is 0 Å². The number of guanidine groups is 1. The lowest BCUT2D eigenvalue weighted by atomic mass is 9.92. The monoisotopic (exact) mass is 534 g/mol. The van der Waals surface area contributed by atoms with Crippen molar-refractivity contribution in [2.45, 2.75) is 46.1 Å². The Balaban J connectivity index is 0.00000320. The molecule has 174 valence electrons. The average Bonchev–Trinajstić information content (AvgIpc) is 3.24. The minimum absolute atomic E-state index is 0. The number of nitrogens with one attached hydrogen (secondary N) is 1. The van der Waals surface area contributed by atoms with E-state index in [9.17, 15) is 4.79 Å². The molecule has 0 aromatic carbocycles. The molecule has 1 N–H and O–H groups in total. The van der Waals surface area contributed by atoms with Gasteiger partial charge < -0.3 is 20.0 Å². The molecule has 30 heavy (non-hydrogen) atoms. The third-order valence-electron chi connectivity index (χ3n) is 6.80. The van der Waals surface area contributed by atoms with Crippen molar-refractivity contribution in [2.75, 3.05) is 72.5 Å². The molecule has 3 unspecified atom stereocenters. The van der Waals surface area contributed by atoms with E-state index in [-0.39, 0.29) is 30.0 Å². The second-order valence-electron chi connectivity index (χ2n) is 9.41. The summed E-state index contributed by atoms with van der Waals surface area (Å²) in [7, 11) is 1.87. The summed E-state index contributed by atoms with van der Waals surface area (Å²) >= 11 is 0. The fourth-order valence-electron chi connectivity index (χ4n) is 5.31. The van der Waals surface area contributed by atoms with Crippen LogP contribution in [0.15, 0.2) is 4.99 Å². The Kier molecular flexibility index (Phi) is 10.6. The lowest BCUT2D eigenvalue weighted by Crippen LogP contribution is -2.57. The number of amides is 1. The maximum absolute atomic E-state index is 12.7. The molecule has 0 aliphatic carbocycles. The van der Waals surface area contributed by atoms with Gasteiger partial charge in [-0.3, -0.25) is 14.7 Å². The molecular formula is C22H43IN6O. The molecular weight excluding hydrogens is 491 g/mol. The van der Waals surface area contributed by atoms with Gasteiger partial charge in [-0.2, -0.15) is 0 Å². The number of piperidine rings is 1. The summed E-state index contributed by atoms with van der Waals surface area (Å²) < 4.78 is 0. The summed E-state index contributed by atoms with van der Waals surface area (Å²) in [5.41, 5.74) is 0. The van der Waals surface area contributed by atoms with Gasteiger partial charge in [0.15, 0.2) is 5.96 Å². The molecule has 0 spiro atoms. The lowest BCUT2D eigenvalue weighted by Gasteiger charge is -2.40. The molecule has 3 fully saturated rings. The topological polar surface area (TPSA) is 54.4 Å². The van der Waals surface area contributed by atoms with Gasteiger partial charge in [0, 0.05) is 72.5 Å². The molecule has 7 nitrogen and oxygen atoms in total. The zero-order valence-electron chi connectivity index (χ0n) is 19.5. The van der Waals surface area contributed by atoms with E-state index in [0.29, 0.717) is 5.91 Å². The summed E-state index contributed by atoms with van der Waals surface area (Å²) in [5, 5.41) is 3.57. The van der Waals surface area contributed by atoms with Gasteiger partial charge in [0.1, 0.15) is 0 Å². The van der Waals surface area contributed by atoms with E-state index in [2.05, 4.69) is 45.8 Å². The predicted octanol–water partition coefficient (Wildman–Crippen LogP) is 1.79. The minimum Gasteiger partial charge on any atom is -0.355 e. The van der Waals surface area contributed by atoms with Gasteiger partial charge in [-0.25, -0.2) is 0 Å². The normalized spacial score (nSPS) is 27.7. The van der Waals surface area contributed by atoms with Crippen molar-refractivity contribution in [2.24, 2.45) is 16.8 Å². The Hall–Kier alpha value is -0.610. The Bertz CT molecular complexity index is 550. The number of halogens is 1. The number of rotatable bonds is 5. The van der Waals surface area contributed by atoms with E-state index in [1.54, 1.807) is 0 Å². The van der Waals surface area contributed by atoms with Gasteiger partial charge in [0.2, 0.25) is 5.91 Å².